The molecule has 1 aromatic carbocycles. The standard InChI is InChI=1S/C21H24N4O/c1-16-12-20(25-10-9-23-15-25)3-2-18(16)14-24-19-6-11-26-21(13-19)17-4-7-22-8-5-17/h2-5,7-10,12,15,19,21,24H,6,11,13-14H2,1H3. The molecule has 0 spiro atoms. The summed E-state index contributed by atoms with van der Waals surface area (Å²) in [6.07, 6.45) is 11.5. The lowest BCUT2D eigenvalue weighted by atomic mass is 9.97. The quantitative estimate of drug-likeness (QED) is 0.766. The molecule has 2 aromatic heterocycles. The van der Waals surface area contributed by atoms with Crippen molar-refractivity contribution in [1.29, 1.82) is 0 Å². The van der Waals surface area contributed by atoms with E-state index in [9.17, 15) is 0 Å². The summed E-state index contributed by atoms with van der Waals surface area (Å²) >= 11 is 0. The van der Waals surface area contributed by atoms with Gasteiger partial charge in [0.15, 0.2) is 0 Å². The number of ether oxygens (including phenoxy) is 1. The lowest BCUT2D eigenvalue weighted by Gasteiger charge is -2.30. The SMILES string of the molecule is Cc1cc(-n2ccnc2)ccc1CNC1CCOC(c2ccncc2)C1. The van der Waals surface area contributed by atoms with Crippen molar-refractivity contribution >= 4 is 0 Å². The Morgan fingerprint density at radius 2 is 2.04 bits per heavy atom. The molecule has 1 aliphatic rings. The number of aromatic nitrogens is 3. The summed E-state index contributed by atoms with van der Waals surface area (Å²) in [6, 6.07) is 11.1. The molecular formula is C21H24N4O. The van der Waals surface area contributed by atoms with Crippen molar-refractivity contribution in [3.8, 4) is 5.69 Å². The fraction of sp³-hybridized carbons (Fsp3) is 0.333. The molecule has 4 rings (SSSR count). The van der Waals surface area contributed by atoms with Crippen molar-refractivity contribution in [3.05, 3.63) is 78.1 Å². The van der Waals surface area contributed by atoms with Crippen LogP contribution in [-0.4, -0.2) is 27.2 Å². The van der Waals surface area contributed by atoms with E-state index in [1.165, 1.54) is 16.7 Å². The molecule has 3 aromatic rings. The lowest BCUT2D eigenvalue weighted by Crippen LogP contribution is -2.35. The maximum absolute atomic E-state index is 5.95. The van der Waals surface area contributed by atoms with Gasteiger partial charge in [0, 0.05) is 49.7 Å². The summed E-state index contributed by atoms with van der Waals surface area (Å²) in [5, 5.41) is 3.72. The molecule has 0 aliphatic carbocycles. The van der Waals surface area contributed by atoms with Gasteiger partial charge in [-0.05, 0) is 60.7 Å². The van der Waals surface area contributed by atoms with Crippen LogP contribution in [0, 0.1) is 6.92 Å². The van der Waals surface area contributed by atoms with E-state index in [2.05, 4.69) is 40.4 Å². The molecule has 0 saturated carbocycles. The second-order valence-electron chi connectivity index (χ2n) is 6.82. The Morgan fingerprint density at radius 3 is 2.81 bits per heavy atom. The molecule has 2 atom stereocenters. The fourth-order valence-electron chi connectivity index (χ4n) is 3.50. The zero-order chi connectivity index (χ0) is 17.8. The minimum Gasteiger partial charge on any atom is -0.373 e. The second-order valence-corrected chi connectivity index (χ2v) is 6.82. The third kappa shape index (κ3) is 3.84. The van der Waals surface area contributed by atoms with Crippen LogP contribution in [0.3, 0.4) is 0 Å². The predicted molar refractivity (Wildman–Crippen MR) is 101 cm³/mol. The topological polar surface area (TPSA) is 52.0 Å². The third-order valence-electron chi connectivity index (χ3n) is 5.07. The first-order valence-corrected chi connectivity index (χ1v) is 9.12. The van der Waals surface area contributed by atoms with Crippen LogP contribution in [0.2, 0.25) is 0 Å². The highest BCUT2D eigenvalue weighted by Gasteiger charge is 2.23. The molecule has 0 radical (unpaired) electrons. The van der Waals surface area contributed by atoms with Gasteiger partial charge in [0.1, 0.15) is 0 Å². The van der Waals surface area contributed by atoms with Gasteiger partial charge in [-0.25, -0.2) is 4.98 Å². The highest BCUT2D eigenvalue weighted by Crippen LogP contribution is 2.28. The molecular weight excluding hydrogens is 324 g/mol. The smallest absolute Gasteiger partial charge is 0.0991 e. The lowest BCUT2D eigenvalue weighted by molar-refractivity contribution is -0.0000927. The molecule has 0 amide bonds. The van der Waals surface area contributed by atoms with Gasteiger partial charge in [-0.15, -0.1) is 0 Å². The van der Waals surface area contributed by atoms with Crippen LogP contribution in [-0.2, 0) is 11.3 Å². The molecule has 2 unspecified atom stereocenters. The molecule has 1 aliphatic heterocycles. The number of nitrogens with one attached hydrogen (secondary N) is 1. The zero-order valence-electron chi connectivity index (χ0n) is 15.0. The van der Waals surface area contributed by atoms with E-state index in [0.29, 0.717) is 6.04 Å². The van der Waals surface area contributed by atoms with Gasteiger partial charge >= 0.3 is 0 Å². The van der Waals surface area contributed by atoms with Crippen molar-refractivity contribution < 1.29 is 4.74 Å². The average Bonchev–Trinajstić information content (AvgIpc) is 3.23. The maximum atomic E-state index is 5.95. The van der Waals surface area contributed by atoms with Crippen LogP contribution >= 0.6 is 0 Å². The molecule has 1 N–H and O–H groups in total. The molecule has 1 fully saturated rings. The minimum absolute atomic E-state index is 0.161. The summed E-state index contributed by atoms with van der Waals surface area (Å²) < 4.78 is 7.98. The second kappa shape index (κ2) is 7.81. The van der Waals surface area contributed by atoms with Gasteiger partial charge in [0.05, 0.1) is 12.4 Å². The summed E-state index contributed by atoms with van der Waals surface area (Å²) in [6.45, 7) is 3.84. The first-order valence-electron chi connectivity index (χ1n) is 9.12. The Balaban J connectivity index is 1.38. The van der Waals surface area contributed by atoms with E-state index < -0.39 is 0 Å². The van der Waals surface area contributed by atoms with Gasteiger partial charge in [-0.2, -0.15) is 0 Å². The van der Waals surface area contributed by atoms with Gasteiger partial charge in [-0.3, -0.25) is 4.98 Å². The number of rotatable bonds is 5. The number of pyridine rings is 1. The largest absolute Gasteiger partial charge is 0.373 e. The van der Waals surface area contributed by atoms with E-state index in [-0.39, 0.29) is 6.10 Å². The molecule has 5 heteroatoms. The highest BCUT2D eigenvalue weighted by molar-refractivity contribution is 5.40. The van der Waals surface area contributed by atoms with Crippen molar-refractivity contribution in [1.82, 2.24) is 19.9 Å². The van der Waals surface area contributed by atoms with Crippen molar-refractivity contribution in [2.45, 2.75) is 38.5 Å². The maximum Gasteiger partial charge on any atom is 0.0991 e. The third-order valence-corrected chi connectivity index (χ3v) is 5.07. The molecule has 26 heavy (non-hydrogen) atoms. The molecule has 0 bridgehead atoms. The monoisotopic (exact) mass is 348 g/mol. The van der Waals surface area contributed by atoms with Gasteiger partial charge in [-0.1, -0.05) is 6.07 Å². The van der Waals surface area contributed by atoms with Crippen LogP contribution in [0.15, 0.2) is 61.4 Å². The van der Waals surface area contributed by atoms with Gasteiger partial charge in [0.25, 0.3) is 0 Å². The number of aryl methyl sites for hydroxylation is 1. The van der Waals surface area contributed by atoms with E-state index in [1.807, 2.05) is 41.6 Å². The van der Waals surface area contributed by atoms with E-state index in [4.69, 9.17) is 4.74 Å². The van der Waals surface area contributed by atoms with Crippen molar-refractivity contribution in [2.75, 3.05) is 6.61 Å². The van der Waals surface area contributed by atoms with Gasteiger partial charge in [0.2, 0.25) is 0 Å². The predicted octanol–water partition coefficient (Wildman–Crippen LogP) is 3.59. The summed E-state index contributed by atoms with van der Waals surface area (Å²) in [5.74, 6) is 0. The van der Waals surface area contributed by atoms with Crippen LogP contribution in [0.4, 0.5) is 0 Å². The van der Waals surface area contributed by atoms with Crippen LogP contribution in [0.5, 0.6) is 0 Å². The molecule has 3 heterocycles. The Hall–Kier alpha value is -2.50. The highest BCUT2D eigenvalue weighted by atomic mass is 16.5. The zero-order valence-corrected chi connectivity index (χ0v) is 15.0. The minimum atomic E-state index is 0.161. The van der Waals surface area contributed by atoms with Crippen molar-refractivity contribution in [2.24, 2.45) is 0 Å². The molecule has 1 saturated heterocycles. The number of nitrogens with zero attached hydrogens (tertiary/aromatic N) is 3. The fourth-order valence-corrected chi connectivity index (χ4v) is 3.50. The van der Waals surface area contributed by atoms with E-state index in [0.717, 1.165) is 31.7 Å². The Labute approximate surface area is 154 Å². The Bertz CT molecular complexity index is 832. The molecule has 134 valence electrons. The average molecular weight is 348 g/mol. The number of benzene rings is 1. The molecule has 5 nitrogen and oxygen atoms in total. The van der Waals surface area contributed by atoms with E-state index >= 15 is 0 Å². The summed E-state index contributed by atoms with van der Waals surface area (Å²) in [4.78, 5) is 8.21. The number of hydrogen-bond acceptors (Lipinski definition) is 4. The van der Waals surface area contributed by atoms with Crippen LogP contribution in [0.1, 0.15) is 35.6 Å². The Morgan fingerprint density at radius 1 is 1.15 bits per heavy atom. The number of imidazole rings is 1. The first-order chi connectivity index (χ1) is 12.8. The summed E-state index contributed by atoms with van der Waals surface area (Å²) in [7, 11) is 0. The van der Waals surface area contributed by atoms with Crippen LogP contribution in [0.25, 0.3) is 5.69 Å². The van der Waals surface area contributed by atoms with Gasteiger partial charge < -0.3 is 14.6 Å². The first kappa shape index (κ1) is 16.9. The summed E-state index contributed by atoms with van der Waals surface area (Å²) in [5.41, 5.74) is 4.99. The number of hydrogen-bond donors (Lipinski definition) is 1. The van der Waals surface area contributed by atoms with E-state index in [1.54, 1.807) is 6.20 Å². The van der Waals surface area contributed by atoms with Crippen molar-refractivity contribution in [3.63, 3.8) is 0 Å². The van der Waals surface area contributed by atoms with Crippen LogP contribution < -0.4 is 5.32 Å². The Kier molecular flexibility index (Phi) is 5.09. The normalized spacial score (nSPS) is 20.2.